The number of carbonyl (C=O) groups is 1. The Kier molecular flexibility index (Phi) is 3.81. The number of thiazole rings is 1. The molecule has 0 aliphatic carbocycles. The lowest BCUT2D eigenvalue weighted by molar-refractivity contribution is 0.102. The number of rotatable bonds is 3. The molecule has 4 rings (SSSR count). The smallest absolute Gasteiger partial charge is 0.257 e. The van der Waals surface area contributed by atoms with E-state index in [4.69, 9.17) is 9.47 Å². The van der Waals surface area contributed by atoms with Crippen LogP contribution in [-0.2, 0) is 0 Å². The molecule has 2 heterocycles. The average molecular weight is 360 g/mol. The fraction of sp³-hybridized carbons (Fsp3) is 0.0588. The number of hydrogen-bond acceptors (Lipinski definition) is 5. The number of nitrogens with one attached hydrogen (secondary N) is 1. The van der Waals surface area contributed by atoms with E-state index >= 15 is 0 Å². The van der Waals surface area contributed by atoms with Crippen molar-refractivity contribution in [3.63, 3.8) is 0 Å². The first kappa shape index (κ1) is 15.5. The summed E-state index contributed by atoms with van der Waals surface area (Å²) < 4.78 is 37.5. The van der Waals surface area contributed by atoms with Crippen LogP contribution in [0.5, 0.6) is 11.5 Å². The quantitative estimate of drug-likeness (QED) is 0.765. The summed E-state index contributed by atoms with van der Waals surface area (Å²) in [6, 6.07) is 7.95. The van der Waals surface area contributed by atoms with Gasteiger partial charge in [-0.05, 0) is 36.4 Å². The lowest BCUT2D eigenvalue weighted by atomic mass is 10.1. The van der Waals surface area contributed by atoms with Crippen molar-refractivity contribution in [2.24, 2.45) is 0 Å². The predicted molar refractivity (Wildman–Crippen MR) is 88.0 cm³/mol. The number of ether oxygens (including phenoxy) is 2. The van der Waals surface area contributed by atoms with Gasteiger partial charge in [0.25, 0.3) is 5.91 Å². The van der Waals surface area contributed by atoms with Crippen LogP contribution in [0.3, 0.4) is 0 Å². The van der Waals surface area contributed by atoms with Crippen LogP contribution in [0, 0.1) is 11.6 Å². The zero-order valence-electron chi connectivity index (χ0n) is 12.6. The number of nitrogens with zero attached hydrogens (tertiary/aromatic N) is 1. The molecule has 1 aliphatic rings. The van der Waals surface area contributed by atoms with E-state index in [9.17, 15) is 13.6 Å². The van der Waals surface area contributed by atoms with E-state index in [1.54, 1.807) is 23.6 Å². The number of halogens is 2. The molecule has 0 fully saturated rings. The number of amides is 1. The highest BCUT2D eigenvalue weighted by molar-refractivity contribution is 7.14. The Balaban J connectivity index is 1.55. The first-order valence-corrected chi connectivity index (χ1v) is 8.10. The monoisotopic (exact) mass is 360 g/mol. The molecule has 1 aromatic heterocycles. The summed E-state index contributed by atoms with van der Waals surface area (Å²) in [7, 11) is 0. The van der Waals surface area contributed by atoms with E-state index in [2.05, 4.69) is 10.3 Å². The Labute approximate surface area is 144 Å². The van der Waals surface area contributed by atoms with E-state index in [0.29, 0.717) is 17.1 Å². The molecule has 0 spiro atoms. The van der Waals surface area contributed by atoms with Crippen LogP contribution in [0.2, 0.25) is 0 Å². The van der Waals surface area contributed by atoms with Crippen molar-refractivity contribution in [1.29, 1.82) is 0 Å². The highest BCUT2D eigenvalue weighted by Gasteiger charge is 2.17. The van der Waals surface area contributed by atoms with E-state index in [-0.39, 0.29) is 29.1 Å². The molecule has 1 amide bonds. The first-order valence-electron chi connectivity index (χ1n) is 7.22. The SMILES string of the molecule is O=C(Nc1nc(-c2cc(F)ccc2F)cs1)c1ccc2c(c1)OCO2. The molecule has 0 atom stereocenters. The van der Waals surface area contributed by atoms with Crippen molar-refractivity contribution in [2.75, 3.05) is 12.1 Å². The Hall–Kier alpha value is -3.00. The van der Waals surface area contributed by atoms with Crippen molar-refractivity contribution in [1.82, 2.24) is 4.98 Å². The second-order valence-electron chi connectivity index (χ2n) is 5.18. The summed E-state index contributed by atoms with van der Waals surface area (Å²) in [5, 5.41) is 4.46. The Morgan fingerprint density at radius 1 is 1.12 bits per heavy atom. The minimum absolute atomic E-state index is 0.0415. The zero-order valence-corrected chi connectivity index (χ0v) is 13.4. The van der Waals surface area contributed by atoms with Crippen LogP contribution in [0.15, 0.2) is 41.8 Å². The second-order valence-corrected chi connectivity index (χ2v) is 6.04. The summed E-state index contributed by atoms with van der Waals surface area (Å²) in [5.74, 6) is -0.460. The van der Waals surface area contributed by atoms with Gasteiger partial charge in [-0.3, -0.25) is 10.1 Å². The molecule has 0 bridgehead atoms. The van der Waals surface area contributed by atoms with Gasteiger partial charge in [-0.25, -0.2) is 13.8 Å². The maximum Gasteiger partial charge on any atom is 0.257 e. The molecular formula is C17H10F2N2O3S. The van der Waals surface area contributed by atoms with E-state index < -0.39 is 11.6 Å². The van der Waals surface area contributed by atoms with Crippen molar-refractivity contribution >= 4 is 22.4 Å². The lowest BCUT2D eigenvalue weighted by Crippen LogP contribution is -2.11. The first-order chi connectivity index (χ1) is 12.1. The van der Waals surface area contributed by atoms with Crippen molar-refractivity contribution < 1.29 is 23.0 Å². The molecule has 3 aromatic rings. The number of anilines is 1. The van der Waals surface area contributed by atoms with Gasteiger partial charge in [0.2, 0.25) is 6.79 Å². The lowest BCUT2D eigenvalue weighted by Gasteiger charge is -2.03. The molecule has 0 saturated carbocycles. The Morgan fingerprint density at radius 3 is 2.84 bits per heavy atom. The molecule has 1 N–H and O–H groups in total. The van der Waals surface area contributed by atoms with Crippen LogP contribution >= 0.6 is 11.3 Å². The predicted octanol–water partition coefficient (Wildman–Crippen LogP) is 4.07. The Bertz CT molecular complexity index is 974. The van der Waals surface area contributed by atoms with Gasteiger partial charge >= 0.3 is 0 Å². The molecule has 0 saturated heterocycles. The summed E-state index contributed by atoms with van der Waals surface area (Å²) in [6.07, 6.45) is 0. The number of fused-ring (bicyclic) bond motifs is 1. The van der Waals surface area contributed by atoms with Gasteiger partial charge in [0.15, 0.2) is 16.6 Å². The normalized spacial score (nSPS) is 12.2. The maximum atomic E-state index is 13.8. The van der Waals surface area contributed by atoms with Gasteiger partial charge in [0.05, 0.1) is 5.69 Å². The minimum atomic E-state index is -0.583. The molecule has 1 aliphatic heterocycles. The molecule has 2 aromatic carbocycles. The van der Waals surface area contributed by atoms with Gasteiger partial charge < -0.3 is 9.47 Å². The highest BCUT2D eigenvalue weighted by atomic mass is 32.1. The highest BCUT2D eigenvalue weighted by Crippen LogP contribution is 2.33. The summed E-state index contributed by atoms with van der Waals surface area (Å²) >= 11 is 1.12. The fourth-order valence-corrected chi connectivity index (χ4v) is 3.06. The van der Waals surface area contributed by atoms with Crippen LogP contribution in [0.1, 0.15) is 10.4 Å². The number of aromatic nitrogens is 1. The largest absolute Gasteiger partial charge is 0.454 e. The average Bonchev–Trinajstić information content (AvgIpc) is 3.25. The van der Waals surface area contributed by atoms with Gasteiger partial charge in [0, 0.05) is 16.5 Å². The van der Waals surface area contributed by atoms with Gasteiger partial charge in [-0.2, -0.15) is 0 Å². The van der Waals surface area contributed by atoms with E-state index in [1.165, 1.54) is 0 Å². The number of hydrogen-bond donors (Lipinski definition) is 1. The molecule has 0 radical (unpaired) electrons. The van der Waals surface area contributed by atoms with Crippen LogP contribution in [0.25, 0.3) is 11.3 Å². The van der Waals surface area contributed by atoms with Crippen molar-refractivity contribution in [3.8, 4) is 22.8 Å². The van der Waals surface area contributed by atoms with Gasteiger partial charge in [-0.1, -0.05) is 0 Å². The van der Waals surface area contributed by atoms with Gasteiger partial charge in [0.1, 0.15) is 11.6 Å². The molecule has 8 heteroatoms. The van der Waals surface area contributed by atoms with Gasteiger partial charge in [-0.15, -0.1) is 11.3 Å². The fourth-order valence-electron chi connectivity index (χ4n) is 2.36. The van der Waals surface area contributed by atoms with E-state index in [0.717, 1.165) is 29.5 Å². The van der Waals surface area contributed by atoms with E-state index in [1.807, 2.05) is 0 Å². The topological polar surface area (TPSA) is 60.5 Å². The third kappa shape index (κ3) is 3.03. The molecule has 0 unspecified atom stereocenters. The number of carbonyl (C=O) groups excluding carboxylic acids is 1. The molecule has 25 heavy (non-hydrogen) atoms. The van der Waals surface area contributed by atoms with Crippen LogP contribution in [-0.4, -0.2) is 17.7 Å². The second kappa shape index (κ2) is 6.14. The third-order valence-electron chi connectivity index (χ3n) is 3.56. The zero-order chi connectivity index (χ0) is 17.4. The number of benzene rings is 2. The van der Waals surface area contributed by atoms with Crippen molar-refractivity contribution in [2.45, 2.75) is 0 Å². The third-order valence-corrected chi connectivity index (χ3v) is 4.32. The summed E-state index contributed by atoms with van der Waals surface area (Å²) in [6.45, 7) is 0.120. The molecule has 126 valence electrons. The summed E-state index contributed by atoms with van der Waals surface area (Å²) in [5.41, 5.74) is 0.667. The maximum absolute atomic E-state index is 13.8. The Morgan fingerprint density at radius 2 is 1.96 bits per heavy atom. The standard InChI is InChI=1S/C17H10F2N2O3S/c18-10-2-3-12(19)11(6-10)13-7-25-17(20-13)21-16(22)9-1-4-14-15(5-9)24-8-23-14/h1-7H,8H2,(H,20,21,22). The molecular weight excluding hydrogens is 350 g/mol. The van der Waals surface area contributed by atoms with Crippen molar-refractivity contribution in [3.05, 3.63) is 59.0 Å². The summed E-state index contributed by atoms with van der Waals surface area (Å²) in [4.78, 5) is 16.5. The minimum Gasteiger partial charge on any atom is -0.454 e. The van der Waals surface area contributed by atoms with Crippen LogP contribution < -0.4 is 14.8 Å². The molecule has 5 nitrogen and oxygen atoms in total. The van der Waals surface area contributed by atoms with Crippen LogP contribution in [0.4, 0.5) is 13.9 Å².